The molecule has 0 bridgehead atoms. The summed E-state index contributed by atoms with van der Waals surface area (Å²) in [6.07, 6.45) is 2.34. The highest BCUT2D eigenvalue weighted by molar-refractivity contribution is 6.44. The van der Waals surface area contributed by atoms with E-state index in [9.17, 15) is 14.0 Å². The molecule has 1 aromatic heterocycles. The third-order valence-electron chi connectivity index (χ3n) is 6.41. The van der Waals surface area contributed by atoms with Crippen LogP contribution in [0.15, 0.2) is 39.3 Å². The van der Waals surface area contributed by atoms with E-state index in [1.165, 1.54) is 0 Å². The van der Waals surface area contributed by atoms with Gasteiger partial charge in [0, 0.05) is 38.5 Å². The normalized spacial score (nSPS) is 28.1. The summed E-state index contributed by atoms with van der Waals surface area (Å²) in [4.78, 5) is 28.1. The number of nitrogens with zero attached hydrogens (tertiary/aromatic N) is 3. The Morgan fingerprint density at radius 1 is 1.17 bits per heavy atom. The molecule has 6 rings (SSSR count). The van der Waals surface area contributed by atoms with Crippen molar-refractivity contribution in [2.75, 3.05) is 31.1 Å². The first-order chi connectivity index (χ1) is 14.5. The molecule has 8 nitrogen and oxygen atoms in total. The van der Waals surface area contributed by atoms with Gasteiger partial charge >= 0.3 is 0 Å². The number of nitrogens with one attached hydrogen (secondary N) is 1. The number of carbonyl (C=O) groups excluding carboxylic acids is 2. The highest BCUT2D eigenvalue weighted by Crippen LogP contribution is 2.50. The molecule has 2 aliphatic carbocycles. The molecule has 2 atom stereocenters. The number of carbonyl (C=O) groups is 2. The summed E-state index contributed by atoms with van der Waals surface area (Å²) < 4.78 is 41.1. The molecule has 0 aromatic carbocycles. The number of ether oxygens (including phenoxy) is 1. The topological polar surface area (TPSA) is 87.9 Å². The molecule has 5 aliphatic rings. The third-order valence-corrected chi connectivity index (χ3v) is 6.41. The van der Waals surface area contributed by atoms with Crippen molar-refractivity contribution in [3.8, 4) is 0 Å². The SMILES string of the molecule is O=C1CCC2=C(OC3=C(F)C(N4CCNCC4)=CC4Cc5c(F)noc5N2C34)C1=O. The zero-order valence-electron chi connectivity index (χ0n) is 15.9. The van der Waals surface area contributed by atoms with Crippen molar-refractivity contribution in [2.45, 2.75) is 25.3 Å². The number of fused-ring (bicyclic) bond motifs is 3. The molecular weight excluding hydrogens is 398 g/mol. The molecule has 1 N–H and O–H groups in total. The average molecular weight is 416 g/mol. The minimum Gasteiger partial charge on any atom is -0.450 e. The number of ketones is 2. The number of hydrogen-bond acceptors (Lipinski definition) is 8. The molecule has 4 heterocycles. The molecule has 0 saturated carbocycles. The first-order valence-electron chi connectivity index (χ1n) is 10.0. The molecule has 1 saturated heterocycles. The van der Waals surface area contributed by atoms with Gasteiger partial charge in [-0.1, -0.05) is 6.08 Å². The highest BCUT2D eigenvalue weighted by Gasteiger charge is 2.52. The zero-order chi connectivity index (χ0) is 20.6. The molecule has 1 aromatic rings. The fourth-order valence-corrected chi connectivity index (χ4v) is 5.01. The fourth-order valence-electron chi connectivity index (χ4n) is 5.01. The summed E-state index contributed by atoms with van der Waals surface area (Å²) in [5.74, 6) is -3.04. The van der Waals surface area contributed by atoms with Gasteiger partial charge in [0.15, 0.2) is 17.3 Å². The van der Waals surface area contributed by atoms with Crippen molar-refractivity contribution in [2.24, 2.45) is 5.92 Å². The largest absolute Gasteiger partial charge is 0.450 e. The van der Waals surface area contributed by atoms with Crippen molar-refractivity contribution in [1.82, 2.24) is 15.4 Å². The summed E-state index contributed by atoms with van der Waals surface area (Å²) in [6, 6.07) is -0.615. The lowest BCUT2D eigenvalue weighted by Gasteiger charge is -2.48. The predicted molar refractivity (Wildman–Crippen MR) is 97.9 cm³/mol. The maximum absolute atomic E-state index is 15.7. The van der Waals surface area contributed by atoms with Gasteiger partial charge in [0.2, 0.25) is 11.7 Å². The summed E-state index contributed by atoms with van der Waals surface area (Å²) in [7, 11) is 0. The van der Waals surface area contributed by atoms with Gasteiger partial charge in [0.05, 0.1) is 17.0 Å². The third kappa shape index (κ3) is 2.31. The number of rotatable bonds is 1. The molecular formula is C20H18F2N4O4. The monoisotopic (exact) mass is 416 g/mol. The predicted octanol–water partition coefficient (Wildman–Crippen LogP) is 1.32. The molecule has 2 unspecified atom stereocenters. The molecule has 10 heteroatoms. The Kier molecular flexibility index (Phi) is 3.71. The minimum atomic E-state index is -0.795. The highest BCUT2D eigenvalue weighted by atomic mass is 19.1. The lowest BCUT2D eigenvalue weighted by Crippen LogP contribution is -2.53. The van der Waals surface area contributed by atoms with Crippen LogP contribution in [0.2, 0.25) is 0 Å². The standard InChI is InChI=1S/C20H18F2N4O4/c21-14-12(25-5-3-23-4-6-25)8-9-7-10-19(22)24-30-20(10)26-11-1-2-13(27)16(28)17(11)29-18(14)15(9)26/h8-9,15,23H,1-7H2. The van der Waals surface area contributed by atoms with Crippen molar-refractivity contribution in [3.05, 3.63) is 46.3 Å². The Labute approximate surface area is 169 Å². The Balaban J connectivity index is 1.55. The number of halogens is 2. The van der Waals surface area contributed by atoms with E-state index in [1.54, 1.807) is 4.90 Å². The van der Waals surface area contributed by atoms with Crippen molar-refractivity contribution < 1.29 is 27.6 Å². The van der Waals surface area contributed by atoms with Crippen LogP contribution < -0.4 is 10.2 Å². The fraction of sp³-hybridized carbons (Fsp3) is 0.450. The van der Waals surface area contributed by atoms with Crippen LogP contribution in [0.5, 0.6) is 0 Å². The Bertz CT molecular complexity index is 1080. The summed E-state index contributed by atoms with van der Waals surface area (Å²) in [5.41, 5.74) is 1.08. The van der Waals surface area contributed by atoms with Gasteiger partial charge in [-0.15, -0.1) is 0 Å². The lowest BCUT2D eigenvalue weighted by molar-refractivity contribution is -0.137. The van der Waals surface area contributed by atoms with E-state index < -0.39 is 29.4 Å². The van der Waals surface area contributed by atoms with Gasteiger partial charge in [-0.05, 0) is 18.0 Å². The van der Waals surface area contributed by atoms with Gasteiger partial charge < -0.3 is 19.5 Å². The second-order valence-electron chi connectivity index (χ2n) is 8.04. The van der Waals surface area contributed by atoms with E-state index in [0.717, 1.165) is 0 Å². The quantitative estimate of drug-likeness (QED) is 0.686. The first-order valence-corrected chi connectivity index (χ1v) is 10.0. The smallest absolute Gasteiger partial charge is 0.265 e. The molecule has 30 heavy (non-hydrogen) atoms. The van der Waals surface area contributed by atoms with E-state index >= 15 is 4.39 Å². The van der Waals surface area contributed by atoms with E-state index in [4.69, 9.17) is 9.26 Å². The van der Waals surface area contributed by atoms with E-state index in [2.05, 4.69) is 10.5 Å². The number of anilines is 1. The van der Waals surface area contributed by atoms with E-state index in [0.29, 0.717) is 37.6 Å². The van der Waals surface area contributed by atoms with E-state index in [1.807, 2.05) is 11.0 Å². The Morgan fingerprint density at radius 3 is 2.77 bits per heavy atom. The molecule has 156 valence electrons. The summed E-state index contributed by atoms with van der Waals surface area (Å²) in [5, 5.41) is 6.68. The lowest BCUT2D eigenvalue weighted by atomic mass is 9.80. The average Bonchev–Trinajstić information content (AvgIpc) is 3.14. The van der Waals surface area contributed by atoms with Crippen LogP contribution in [0.25, 0.3) is 0 Å². The number of piperazine rings is 1. The van der Waals surface area contributed by atoms with Crippen LogP contribution in [-0.4, -0.2) is 53.8 Å². The van der Waals surface area contributed by atoms with Crippen molar-refractivity contribution in [1.29, 1.82) is 0 Å². The molecule has 0 spiro atoms. The van der Waals surface area contributed by atoms with Gasteiger partial charge in [0.25, 0.3) is 11.7 Å². The van der Waals surface area contributed by atoms with Crippen LogP contribution in [0, 0.1) is 11.9 Å². The minimum absolute atomic E-state index is 0.0181. The Hall–Kier alpha value is -3.01. The maximum atomic E-state index is 15.7. The number of Topliss-reactive ketones (excluding diaryl/α,β-unsaturated/α-hetero) is 2. The van der Waals surface area contributed by atoms with Crippen molar-refractivity contribution in [3.63, 3.8) is 0 Å². The second kappa shape index (κ2) is 6.24. The number of allylic oxidation sites excluding steroid dienone is 3. The molecule has 3 aliphatic heterocycles. The maximum Gasteiger partial charge on any atom is 0.265 e. The van der Waals surface area contributed by atoms with Crippen molar-refractivity contribution >= 4 is 17.5 Å². The summed E-state index contributed by atoms with van der Waals surface area (Å²) >= 11 is 0. The van der Waals surface area contributed by atoms with Crippen LogP contribution in [0.3, 0.4) is 0 Å². The van der Waals surface area contributed by atoms with E-state index in [-0.39, 0.29) is 48.1 Å². The number of aromatic nitrogens is 1. The molecule has 0 radical (unpaired) electrons. The van der Waals surface area contributed by atoms with Crippen LogP contribution in [-0.2, 0) is 20.7 Å². The zero-order valence-corrected chi connectivity index (χ0v) is 15.9. The Morgan fingerprint density at radius 2 is 1.97 bits per heavy atom. The second-order valence-corrected chi connectivity index (χ2v) is 8.04. The van der Waals surface area contributed by atoms with Crippen LogP contribution in [0.1, 0.15) is 18.4 Å². The molecule has 0 amide bonds. The van der Waals surface area contributed by atoms with Crippen LogP contribution >= 0.6 is 0 Å². The molecule has 1 fully saturated rings. The number of hydrogen-bond donors (Lipinski definition) is 1. The summed E-state index contributed by atoms with van der Waals surface area (Å²) in [6.45, 7) is 2.67. The van der Waals surface area contributed by atoms with Gasteiger partial charge in [0.1, 0.15) is 6.04 Å². The first kappa shape index (κ1) is 17.8. The van der Waals surface area contributed by atoms with Gasteiger partial charge in [-0.2, -0.15) is 4.39 Å². The van der Waals surface area contributed by atoms with Crippen LogP contribution in [0.4, 0.5) is 14.7 Å². The van der Waals surface area contributed by atoms with Gasteiger partial charge in [-0.3, -0.25) is 14.5 Å². The van der Waals surface area contributed by atoms with Gasteiger partial charge in [-0.25, -0.2) is 4.39 Å².